The van der Waals surface area contributed by atoms with Crippen LogP contribution in [0, 0.1) is 12.7 Å². The fraction of sp³-hybridized carbons (Fsp3) is 0.409. The number of rotatable bonds is 5. The molecule has 10 heteroatoms. The van der Waals surface area contributed by atoms with Crippen molar-refractivity contribution in [3.8, 4) is 0 Å². The highest BCUT2D eigenvalue weighted by atomic mass is 19.3. The summed E-state index contributed by atoms with van der Waals surface area (Å²) in [4.78, 5) is 23.9. The molecule has 0 saturated carbocycles. The van der Waals surface area contributed by atoms with E-state index in [0.717, 1.165) is 6.07 Å². The number of hydrogen-bond acceptors (Lipinski definition) is 6. The van der Waals surface area contributed by atoms with Crippen molar-refractivity contribution in [2.24, 2.45) is 7.05 Å². The molecular formula is C22H24F3N5O2. The molecule has 1 saturated heterocycles. The van der Waals surface area contributed by atoms with Crippen molar-refractivity contribution in [1.82, 2.24) is 14.5 Å². The van der Waals surface area contributed by atoms with Gasteiger partial charge in [0, 0.05) is 25.7 Å². The number of aryl methyl sites for hydroxylation is 1. The standard InChI is InChI=1S/C22H24F3N5O2/c1-12(14-5-4-6-15(18(14)23)20(24)25)26-21-16-11-17(30-7-9-32-10-8-30)29(3)22(31)19(16)27-13(2)28-21/h4-6,11-12,20H,7-10H2,1-3H3,(H,26,27,28)/t12-/m1/s1. The predicted octanol–water partition coefficient (Wildman–Crippen LogP) is 3.72. The van der Waals surface area contributed by atoms with Crippen LogP contribution in [0.2, 0.25) is 0 Å². The lowest BCUT2D eigenvalue weighted by atomic mass is 10.0. The number of pyridine rings is 1. The Morgan fingerprint density at radius 3 is 2.53 bits per heavy atom. The Kier molecular flexibility index (Phi) is 6.05. The van der Waals surface area contributed by atoms with Crippen molar-refractivity contribution >= 4 is 22.5 Å². The van der Waals surface area contributed by atoms with Crippen LogP contribution in [-0.2, 0) is 11.8 Å². The molecule has 1 aromatic carbocycles. The SMILES string of the molecule is Cc1nc(N[C@H](C)c2cccc(C(F)F)c2F)c2cc(N3CCOCC3)n(C)c(=O)c2n1. The average molecular weight is 447 g/mol. The normalized spacial score (nSPS) is 15.4. The molecule has 0 amide bonds. The Morgan fingerprint density at radius 2 is 1.84 bits per heavy atom. The monoisotopic (exact) mass is 447 g/mol. The van der Waals surface area contributed by atoms with Crippen LogP contribution in [0.3, 0.4) is 0 Å². The van der Waals surface area contributed by atoms with Crippen LogP contribution in [0.5, 0.6) is 0 Å². The minimum absolute atomic E-state index is 0.0875. The van der Waals surface area contributed by atoms with Gasteiger partial charge in [-0.25, -0.2) is 23.1 Å². The van der Waals surface area contributed by atoms with Gasteiger partial charge < -0.3 is 15.0 Å². The Morgan fingerprint density at radius 1 is 1.16 bits per heavy atom. The maximum Gasteiger partial charge on any atom is 0.278 e. The molecule has 1 atom stereocenters. The Bertz CT molecular complexity index is 1210. The van der Waals surface area contributed by atoms with Gasteiger partial charge in [-0.15, -0.1) is 0 Å². The van der Waals surface area contributed by atoms with Crippen molar-refractivity contribution in [3.63, 3.8) is 0 Å². The number of morpholine rings is 1. The number of fused-ring (bicyclic) bond motifs is 1. The lowest BCUT2D eigenvalue weighted by molar-refractivity contribution is 0.122. The van der Waals surface area contributed by atoms with Crippen molar-refractivity contribution in [1.29, 1.82) is 0 Å². The summed E-state index contributed by atoms with van der Waals surface area (Å²) in [6.07, 6.45) is -2.91. The Hall–Kier alpha value is -3.14. The summed E-state index contributed by atoms with van der Waals surface area (Å²) in [7, 11) is 1.69. The van der Waals surface area contributed by atoms with E-state index in [4.69, 9.17) is 4.74 Å². The first-order valence-electron chi connectivity index (χ1n) is 10.3. The number of nitrogens with one attached hydrogen (secondary N) is 1. The van der Waals surface area contributed by atoms with E-state index >= 15 is 0 Å². The van der Waals surface area contributed by atoms with Crippen molar-refractivity contribution in [2.75, 3.05) is 36.5 Å². The van der Waals surface area contributed by atoms with E-state index in [2.05, 4.69) is 15.3 Å². The number of hydrogen-bond donors (Lipinski definition) is 1. The first-order valence-corrected chi connectivity index (χ1v) is 10.3. The van der Waals surface area contributed by atoms with Gasteiger partial charge in [-0.3, -0.25) is 9.36 Å². The molecule has 32 heavy (non-hydrogen) atoms. The van der Waals surface area contributed by atoms with Gasteiger partial charge >= 0.3 is 0 Å². The van der Waals surface area contributed by atoms with E-state index in [9.17, 15) is 18.0 Å². The molecule has 1 aliphatic rings. The topological polar surface area (TPSA) is 72.3 Å². The van der Waals surface area contributed by atoms with Crippen LogP contribution in [0.15, 0.2) is 29.1 Å². The number of benzene rings is 1. The van der Waals surface area contributed by atoms with Crippen molar-refractivity contribution in [2.45, 2.75) is 26.3 Å². The van der Waals surface area contributed by atoms with Crippen molar-refractivity contribution < 1.29 is 17.9 Å². The van der Waals surface area contributed by atoms with Gasteiger partial charge in [-0.1, -0.05) is 18.2 Å². The summed E-state index contributed by atoms with van der Waals surface area (Å²) >= 11 is 0. The highest BCUT2D eigenvalue weighted by molar-refractivity contribution is 5.90. The van der Waals surface area contributed by atoms with E-state index in [-0.39, 0.29) is 16.6 Å². The van der Waals surface area contributed by atoms with E-state index < -0.39 is 23.8 Å². The van der Waals surface area contributed by atoms with Crippen LogP contribution in [-0.4, -0.2) is 40.8 Å². The summed E-state index contributed by atoms with van der Waals surface area (Å²) < 4.78 is 47.9. The largest absolute Gasteiger partial charge is 0.378 e. The molecule has 1 N–H and O–H groups in total. The van der Waals surface area contributed by atoms with Gasteiger partial charge in [-0.05, 0) is 19.9 Å². The number of halogens is 3. The predicted molar refractivity (Wildman–Crippen MR) is 116 cm³/mol. The van der Waals surface area contributed by atoms with Gasteiger partial charge in [0.05, 0.1) is 30.2 Å². The van der Waals surface area contributed by atoms with Gasteiger partial charge in [0.2, 0.25) is 0 Å². The molecule has 0 aliphatic carbocycles. The molecule has 1 aliphatic heterocycles. The summed E-state index contributed by atoms with van der Waals surface area (Å²) in [6, 6.07) is 5.06. The lowest BCUT2D eigenvalue weighted by Gasteiger charge is -2.30. The Balaban J connectivity index is 1.79. The second-order valence-corrected chi connectivity index (χ2v) is 7.77. The third-order valence-electron chi connectivity index (χ3n) is 5.63. The first kappa shape index (κ1) is 22.1. The van der Waals surface area contributed by atoms with Crippen LogP contribution < -0.4 is 15.8 Å². The molecule has 3 heterocycles. The summed E-state index contributed by atoms with van der Waals surface area (Å²) in [6.45, 7) is 5.69. The lowest BCUT2D eigenvalue weighted by Crippen LogP contribution is -2.39. The molecule has 0 radical (unpaired) electrons. The summed E-state index contributed by atoms with van der Waals surface area (Å²) in [5.41, 5.74) is -0.614. The minimum atomic E-state index is -2.91. The van der Waals surface area contributed by atoms with E-state index in [1.54, 1.807) is 25.5 Å². The number of anilines is 2. The minimum Gasteiger partial charge on any atom is -0.378 e. The summed E-state index contributed by atoms with van der Waals surface area (Å²) in [5.74, 6) is 0.446. The molecule has 1 fully saturated rings. The zero-order valence-corrected chi connectivity index (χ0v) is 18.0. The van der Waals surface area contributed by atoms with Crippen LogP contribution in [0.25, 0.3) is 10.9 Å². The fourth-order valence-electron chi connectivity index (χ4n) is 3.93. The maximum absolute atomic E-state index is 14.7. The number of nitrogens with zero attached hydrogens (tertiary/aromatic N) is 4. The molecule has 4 rings (SSSR count). The quantitative estimate of drug-likeness (QED) is 0.643. The second-order valence-electron chi connectivity index (χ2n) is 7.77. The molecule has 0 unspecified atom stereocenters. The average Bonchev–Trinajstić information content (AvgIpc) is 2.77. The number of ether oxygens (including phenoxy) is 1. The van der Waals surface area contributed by atoms with Crippen LogP contribution in [0.1, 0.15) is 36.3 Å². The van der Waals surface area contributed by atoms with Gasteiger partial charge in [-0.2, -0.15) is 0 Å². The molecule has 7 nitrogen and oxygen atoms in total. The maximum atomic E-state index is 14.7. The van der Waals surface area contributed by atoms with E-state index in [1.807, 2.05) is 11.0 Å². The molecule has 0 spiro atoms. The Labute approximate surface area is 182 Å². The second kappa shape index (κ2) is 8.78. The molecule has 170 valence electrons. The smallest absolute Gasteiger partial charge is 0.278 e. The molecule has 3 aromatic rings. The van der Waals surface area contributed by atoms with E-state index in [0.29, 0.717) is 49.1 Å². The number of alkyl halides is 2. The first-order chi connectivity index (χ1) is 15.3. The van der Waals surface area contributed by atoms with E-state index in [1.165, 1.54) is 12.1 Å². The third-order valence-corrected chi connectivity index (χ3v) is 5.63. The summed E-state index contributed by atoms with van der Waals surface area (Å²) in [5, 5.41) is 3.58. The molecule has 0 bridgehead atoms. The number of aromatic nitrogens is 3. The highest BCUT2D eigenvalue weighted by Gasteiger charge is 2.22. The highest BCUT2D eigenvalue weighted by Crippen LogP contribution is 2.31. The van der Waals surface area contributed by atoms with Gasteiger partial charge in [0.1, 0.15) is 28.8 Å². The van der Waals surface area contributed by atoms with Gasteiger partial charge in [0.25, 0.3) is 12.0 Å². The zero-order chi connectivity index (χ0) is 23.0. The van der Waals surface area contributed by atoms with Gasteiger partial charge in [0.15, 0.2) is 0 Å². The fourth-order valence-corrected chi connectivity index (χ4v) is 3.93. The zero-order valence-electron chi connectivity index (χ0n) is 18.0. The van der Waals surface area contributed by atoms with Crippen LogP contribution >= 0.6 is 0 Å². The third kappa shape index (κ3) is 4.02. The van der Waals surface area contributed by atoms with Crippen molar-refractivity contribution in [3.05, 3.63) is 57.4 Å². The van der Waals surface area contributed by atoms with Crippen LogP contribution in [0.4, 0.5) is 24.8 Å². The molecular weight excluding hydrogens is 423 g/mol. The molecule has 2 aromatic heterocycles.